The van der Waals surface area contributed by atoms with Crippen LogP contribution in [0.25, 0.3) is 0 Å². The minimum absolute atomic E-state index is 0. The molecule has 0 spiro atoms. The Morgan fingerprint density at radius 1 is 1.05 bits per heavy atom. The number of nitrogens with two attached hydrogens (primary N) is 1. The van der Waals surface area contributed by atoms with Crippen molar-refractivity contribution in [2.24, 2.45) is 23.0 Å². The van der Waals surface area contributed by atoms with Gasteiger partial charge in [-0.15, -0.1) is 12.4 Å². The zero-order valence-electron chi connectivity index (χ0n) is 12.1. The van der Waals surface area contributed by atoms with Gasteiger partial charge in [-0.1, -0.05) is 29.3 Å². The SMILES string of the molecule is Cl.NCC12CC3CC(C1)CC(c1ccc(Cl)c(Cl)c1)(C3)C2. The number of hydrogen-bond donors (Lipinski definition) is 1. The summed E-state index contributed by atoms with van der Waals surface area (Å²) in [6.07, 6.45) is 8.02. The molecule has 116 valence electrons. The molecular formula is C17H22Cl3N. The quantitative estimate of drug-likeness (QED) is 0.781. The van der Waals surface area contributed by atoms with Gasteiger partial charge in [-0.05, 0) is 85.4 Å². The van der Waals surface area contributed by atoms with Crippen molar-refractivity contribution >= 4 is 35.6 Å². The van der Waals surface area contributed by atoms with Crippen LogP contribution in [0.3, 0.4) is 0 Å². The molecule has 0 radical (unpaired) electrons. The number of benzene rings is 1. The van der Waals surface area contributed by atoms with Crippen molar-refractivity contribution in [3.05, 3.63) is 33.8 Å². The van der Waals surface area contributed by atoms with E-state index >= 15 is 0 Å². The van der Waals surface area contributed by atoms with E-state index in [2.05, 4.69) is 12.1 Å². The van der Waals surface area contributed by atoms with Crippen molar-refractivity contribution in [3.63, 3.8) is 0 Å². The van der Waals surface area contributed by atoms with Crippen LogP contribution in [0.15, 0.2) is 18.2 Å². The molecule has 1 aromatic rings. The smallest absolute Gasteiger partial charge is 0.0595 e. The van der Waals surface area contributed by atoms with Crippen LogP contribution in [0.1, 0.15) is 44.1 Å². The van der Waals surface area contributed by atoms with Gasteiger partial charge in [0.05, 0.1) is 10.0 Å². The third-order valence-electron chi connectivity index (χ3n) is 6.15. The molecule has 0 aliphatic heterocycles. The second kappa shape index (κ2) is 5.30. The molecule has 0 amide bonds. The highest BCUT2D eigenvalue weighted by Crippen LogP contribution is 2.65. The summed E-state index contributed by atoms with van der Waals surface area (Å²) in [6.45, 7) is 0.850. The molecule has 4 bridgehead atoms. The first-order chi connectivity index (χ1) is 9.54. The topological polar surface area (TPSA) is 26.0 Å². The van der Waals surface area contributed by atoms with Gasteiger partial charge in [-0.2, -0.15) is 0 Å². The lowest BCUT2D eigenvalue weighted by molar-refractivity contribution is -0.0666. The predicted molar refractivity (Wildman–Crippen MR) is 91.6 cm³/mol. The molecule has 0 saturated heterocycles. The highest BCUT2D eigenvalue weighted by Gasteiger charge is 2.57. The van der Waals surface area contributed by atoms with Crippen molar-refractivity contribution in [1.29, 1.82) is 0 Å². The maximum Gasteiger partial charge on any atom is 0.0595 e. The number of halogens is 3. The fourth-order valence-corrected chi connectivity index (χ4v) is 6.15. The Kier molecular flexibility index (Phi) is 4.02. The molecule has 5 rings (SSSR count). The molecule has 2 atom stereocenters. The van der Waals surface area contributed by atoms with Crippen LogP contribution in [0.4, 0.5) is 0 Å². The Labute approximate surface area is 143 Å². The normalized spacial score (nSPS) is 40.1. The molecule has 0 heterocycles. The van der Waals surface area contributed by atoms with E-state index in [9.17, 15) is 0 Å². The van der Waals surface area contributed by atoms with E-state index in [1.807, 2.05) is 6.07 Å². The molecular weight excluding hydrogens is 325 g/mol. The molecule has 1 aromatic carbocycles. The van der Waals surface area contributed by atoms with Crippen molar-refractivity contribution in [2.45, 2.75) is 43.9 Å². The predicted octanol–water partition coefficient (Wildman–Crippen LogP) is 5.21. The summed E-state index contributed by atoms with van der Waals surface area (Å²) in [4.78, 5) is 0. The van der Waals surface area contributed by atoms with Crippen molar-refractivity contribution in [1.82, 2.24) is 0 Å². The molecule has 21 heavy (non-hydrogen) atoms. The first-order valence-corrected chi connectivity index (χ1v) is 8.45. The van der Waals surface area contributed by atoms with Gasteiger partial charge in [0.1, 0.15) is 0 Å². The number of hydrogen-bond acceptors (Lipinski definition) is 1. The van der Waals surface area contributed by atoms with Crippen molar-refractivity contribution in [3.8, 4) is 0 Å². The fraction of sp³-hybridized carbons (Fsp3) is 0.647. The van der Waals surface area contributed by atoms with E-state index in [0.29, 0.717) is 20.9 Å². The Morgan fingerprint density at radius 2 is 1.71 bits per heavy atom. The van der Waals surface area contributed by atoms with Crippen LogP contribution in [-0.4, -0.2) is 6.54 Å². The van der Waals surface area contributed by atoms with E-state index in [-0.39, 0.29) is 12.4 Å². The summed E-state index contributed by atoms with van der Waals surface area (Å²) in [5, 5.41) is 1.36. The molecule has 4 saturated carbocycles. The van der Waals surface area contributed by atoms with Gasteiger partial charge < -0.3 is 5.73 Å². The second-order valence-corrected chi connectivity index (χ2v) is 8.39. The van der Waals surface area contributed by atoms with Crippen molar-refractivity contribution < 1.29 is 0 Å². The third-order valence-corrected chi connectivity index (χ3v) is 6.89. The van der Waals surface area contributed by atoms with Crippen LogP contribution >= 0.6 is 35.6 Å². The minimum atomic E-state index is 0. The molecule has 2 N–H and O–H groups in total. The van der Waals surface area contributed by atoms with Crippen molar-refractivity contribution in [2.75, 3.05) is 6.54 Å². The van der Waals surface area contributed by atoms with E-state index in [0.717, 1.165) is 18.4 Å². The Morgan fingerprint density at radius 3 is 2.29 bits per heavy atom. The monoisotopic (exact) mass is 345 g/mol. The lowest BCUT2D eigenvalue weighted by atomic mass is 9.43. The molecule has 4 fully saturated rings. The number of rotatable bonds is 2. The molecule has 4 aliphatic rings. The summed E-state index contributed by atoms with van der Waals surface area (Å²) in [5.74, 6) is 1.74. The standard InChI is InChI=1S/C17H21Cl2N.ClH/c18-14-2-1-13(4-15(14)19)17-7-11-3-12(8-17)6-16(5-11,9-17)10-20;/h1-2,4,11-12H,3,5-10,20H2;1H. The Hall–Kier alpha value is 0.0500. The molecule has 2 unspecified atom stereocenters. The molecule has 4 aliphatic carbocycles. The Balaban J connectivity index is 0.00000132. The van der Waals surface area contributed by atoms with Gasteiger partial charge in [0.25, 0.3) is 0 Å². The van der Waals surface area contributed by atoms with Crippen LogP contribution in [-0.2, 0) is 5.41 Å². The first-order valence-electron chi connectivity index (χ1n) is 7.70. The zero-order valence-corrected chi connectivity index (χ0v) is 14.4. The van der Waals surface area contributed by atoms with Gasteiger partial charge in [-0.25, -0.2) is 0 Å². The Bertz CT molecular complexity index is 543. The van der Waals surface area contributed by atoms with Gasteiger partial charge >= 0.3 is 0 Å². The first kappa shape index (κ1) is 15.9. The lowest BCUT2D eigenvalue weighted by Gasteiger charge is -2.62. The molecule has 4 heteroatoms. The summed E-state index contributed by atoms with van der Waals surface area (Å²) in [6, 6.07) is 6.28. The third kappa shape index (κ3) is 2.41. The van der Waals surface area contributed by atoms with Crippen LogP contribution in [0, 0.1) is 17.3 Å². The second-order valence-electron chi connectivity index (χ2n) is 7.57. The molecule has 0 aromatic heterocycles. The van der Waals surface area contributed by atoms with E-state index in [1.54, 1.807) is 0 Å². The van der Waals surface area contributed by atoms with Crippen LogP contribution in [0.2, 0.25) is 10.0 Å². The summed E-state index contributed by atoms with van der Waals surface area (Å²) in [7, 11) is 0. The summed E-state index contributed by atoms with van der Waals surface area (Å²) < 4.78 is 0. The van der Waals surface area contributed by atoms with Crippen LogP contribution < -0.4 is 5.73 Å². The highest BCUT2D eigenvalue weighted by atomic mass is 35.5. The van der Waals surface area contributed by atoms with E-state index < -0.39 is 0 Å². The van der Waals surface area contributed by atoms with Gasteiger partial charge in [0.15, 0.2) is 0 Å². The lowest BCUT2D eigenvalue weighted by Crippen LogP contribution is -2.56. The minimum Gasteiger partial charge on any atom is -0.330 e. The summed E-state index contributed by atoms with van der Waals surface area (Å²) in [5.41, 5.74) is 8.29. The van der Waals surface area contributed by atoms with E-state index in [4.69, 9.17) is 28.9 Å². The zero-order chi connectivity index (χ0) is 14.0. The highest BCUT2D eigenvalue weighted by molar-refractivity contribution is 6.42. The molecule has 1 nitrogen and oxygen atoms in total. The maximum atomic E-state index is 6.27. The van der Waals surface area contributed by atoms with Gasteiger partial charge in [0, 0.05) is 0 Å². The average molecular weight is 347 g/mol. The van der Waals surface area contributed by atoms with Crippen LogP contribution in [0.5, 0.6) is 0 Å². The average Bonchev–Trinajstić information content (AvgIpc) is 2.40. The fourth-order valence-electron chi connectivity index (χ4n) is 5.85. The van der Waals surface area contributed by atoms with Gasteiger partial charge in [0.2, 0.25) is 0 Å². The van der Waals surface area contributed by atoms with Gasteiger partial charge in [-0.3, -0.25) is 0 Å². The maximum absolute atomic E-state index is 6.27. The van der Waals surface area contributed by atoms with E-state index in [1.165, 1.54) is 44.1 Å². The summed E-state index contributed by atoms with van der Waals surface area (Å²) >= 11 is 12.4. The largest absolute Gasteiger partial charge is 0.330 e.